The smallest absolute Gasteiger partial charge is 0.247 e. The third-order valence-corrected chi connectivity index (χ3v) is 3.14. The van der Waals surface area contributed by atoms with Crippen molar-refractivity contribution in [2.75, 3.05) is 11.9 Å². The first-order chi connectivity index (χ1) is 9.72. The standard InChI is InChI=1S/C14H18N4O2/c1-2-10(8-15)6-13(19)17-12-5-3-4-11(7-12)14-18-16-9-20-14/h3-5,7,9-10H,2,6,8,15H2,1H3,(H,17,19). The SMILES string of the molecule is CCC(CN)CC(=O)Nc1cccc(-c2nnco2)c1. The highest BCUT2D eigenvalue weighted by atomic mass is 16.4. The van der Waals surface area contributed by atoms with Crippen molar-refractivity contribution in [2.45, 2.75) is 19.8 Å². The fraction of sp³-hybridized carbons (Fsp3) is 0.357. The molecule has 1 amide bonds. The quantitative estimate of drug-likeness (QED) is 0.840. The molecule has 1 heterocycles. The second-order valence-electron chi connectivity index (χ2n) is 4.59. The average molecular weight is 274 g/mol. The molecule has 0 aliphatic carbocycles. The fourth-order valence-corrected chi connectivity index (χ4v) is 1.90. The van der Waals surface area contributed by atoms with Crippen LogP contribution in [-0.2, 0) is 4.79 Å². The average Bonchev–Trinajstić information content (AvgIpc) is 2.99. The summed E-state index contributed by atoms with van der Waals surface area (Å²) in [6.45, 7) is 2.55. The second kappa shape index (κ2) is 6.81. The van der Waals surface area contributed by atoms with Gasteiger partial charge in [0.1, 0.15) is 0 Å². The van der Waals surface area contributed by atoms with E-state index in [1.165, 1.54) is 6.39 Å². The van der Waals surface area contributed by atoms with E-state index in [0.29, 0.717) is 24.5 Å². The van der Waals surface area contributed by atoms with Crippen molar-refractivity contribution in [2.24, 2.45) is 11.7 Å². The minimum Gasteiger partial charge on any atom is -0.423 e. The van der Waals surface area contributed by atoms with E-state index < -0.39 is 0 Å². The number of rotatable bonds is 6. The molecule has 0 spiro atoms. The van der Waals surface area contributed by atoms with Gasteiger partial charge in [0.15, 0.2) is 0 Å². The van der Waals surface area contributed by atoms with E-state index in [4.69, 9.17) is 10.2 Å². The number of carbonyl (C=O) groups is 1. The summed E-state index contributed by atoms with van der Waals surface area (Å²) in [5.41, 5.74) is 7.08. The number of hydrogen-bond acceptors (Lipinski definition) is 5. The van der Waals surface area contributed by atoms with Crippen LogP contribution in [0.4, 0.5) is 5.69 Å². The first-order valence-corrected chi connectivity index (χ1v) is 6.59. The molecule has 0 bridgehead atoms. The van der Waals surface area contributed by atoms with E-state index in [1.54, 1.807) is 6.07 Å². The molecule has 0 aliphatic heterocycles. The Morgan fingerprint density at radius 3 is 3.00 bits per heavy atom. The van der Waals surface area contributed by atoms with Gasteiger partial charge in [0.25, 0.3) is 0 Å². The van der Waals surface area contributed by atoms with Gasteiger partial charge in [0.2, 0.25) is 18.2 Å². The lowest BCUT2D eigenvalue weighted by Gasteiger charge is -2.12. The van der Waals surface area contributed by atoms with E-state index in [1.807, 2.05) is 25.1 Å². The third kappa shape index (κ3) is 3.64. The van der Waals surface area contributed by atoms with Crippen LogP contribution in [-0.4, -0.2) is 22.6 Å². The molecular weight excluding hydrogens is 256 g/mol. The third-order valence-electron chi connectivity index (χ3n) is 3.14. The van der Waals surface area contributed by atoms with Crippen LogP contribution in [0.3, 0.4) is 0 Å². The Hall–Kier alpha value is -2.21. The maximum absolute atomic E-state index is 11.9. The van der Waals surface area contributed by atoms with Gasteiger partial charge in [-0.3, -0.25) is 4.79 Å². The summed E-state index contributed by atoms with van der Waals surface area (Å²) >= 11 is 0. The van der Waals surface area contributed by atoms with E-state index in [0.717, 1.165) is 12.0 Å². The summed E-state index contributed by atoms with van der Waals surface area (Å²) in [6.07, 6.45) is 2.59. The lowest BCUT2D eigenvalue weighted by atomic mass is 10.0. The van der Waals surface area contributed by atoms with Crippen molar-refractivity contribution in [1.29, 1.82) is 0 Å². The summed E-state index contributed by atoms with van der Waals surface area (Å²) in [5.74, 6) is 0.605. The maximum atomic E-state index is 11.9. The first-order valence-electron chi connectivity index (χ1n) is 6.59. The van der Waals surface area contributed by atoms with Gasteiger partial charge in [-0.25, -0.2) is 0 Å². The minimum absolute atomic E-state index is 0.0371. The van der Waals surface area contributed by atoms with Crippen LogP contribution in [0.1, 0.15) is 19.8 Å². The van der Waals surface area contributed by atoms with Crippen LogP contribution < -0.4 is 11.1 Å². The monoisotopic (exact) mass is 274 g/mol. The molecule has 0 saturated carbocycles. The van der Waals surface area contributed by atoms with Crippen LogP contribution in [0.25, 0.3) is 11.5 Å². The largest absolute Gasteiger partial charge is 0.423 e. The van der Waals surface area contributed by atoms with E-state index in [9.17, 15) is 4.79 Å². The zero-order chi connectivity index (χ0) is 14.4. The van der Waals surface area contributed by atoms with Crippen molar-refractivity contribution in [3.05, 3.63) is 30.7 Å². The van der Waals surface area contributed by atoms with E-state index in [2.05, 4.69) is 15.5 Å². The number of amides is 1. The highest BCUT2D eigenvalue weighted by Gasteiger charge is 2.11. The summed E-state index contributed by atoms with van der Waals surface area (Å²) in [5, 5.41) is 10.3. The summed E-state index contributed by atoms with van der Waals surface area (Å²) in [6, 6.07) is 7.29. The van der Waals surface area contributed by atoms with Crippen LogP contribution in [0, 0.1) is 5.92 Å². The fourth-order valence-electron chi connectivity index (χ4n) is 1.90. The van der Waals surface area contributed by atoms with Gasteiger partial charge in [0, 0.05) is 17.7 Å². The molecule has 1 unspecified atom stereocenters. The molecule has 6 nitrogen and oxygen atoms in total. The van der Waals surface area contributed by atoms with Crippen molar-refractivity contribution in [1.82, 2.24) is 10.2 Å². The Bertz CT molecular complexity index is 550. The molecule has 0 radical (unpaired) electrons. The van der Waals surface area contributed by atoms with Crippen molar-refractivity contribution < 1.29 is 9.21 Å². The number of nitrogens with zero attached hydrogens (tertiary/aromatic N) is 2. The van der Waals surface area contributed by atoms with Crippen LogP contribution in [0.15, 0.2) is 35.1 Å². The number of benzene rings is 1. The van der Waals surface area contributed by atoms with Crippen LogP contribution >= 0.6 is 0 Å². The molecule has 0 aliphatic rings. The molecule has 3 N–H and O–H groups in total. The van der Waals surface area contributed by atoms with Gasteiger partial charge >= 0.3 is 0 Å². The molecule has 1 aromatic heterocycles. The Kier molecular flexibility index (Phi) is 4.84. The number of nitrogens with one attached hydrogen (secondary N) is 1. The lowest BCUT2D eigenvalue weighted by Crippen LogP contribution is -2.21. The lowest BCUT2D eigenvalue weighted by molar-refractivity contribution is -0.117. The van der Waals surface area contributed by atoms with Gasteiger partial charge in [-0.1, -0.05) is 19.4 Å². The van der Waals surface area contributed by atoms with Gasteiger partial charge in [-0.2, -0.15) is 0 Å². The number of carbonyl (C=O) groups excluding carboxylic acids is 1. The predicted octanol–water partition coefficient (Wildman–Crippen LogP) is 2.05. The normalized spacial score (nSPS) is 12.1. The number of anilines is 1. The Labute approximate surface area is 117 Å². The topological polar surface area (TPSA) is 94.0 Å². The van der Waals surface area contributed by atoms with Gasteiger partial charge < -0.3 is 15.5 Å². The van der Waals surface area contributed by atoms with Gasteiger partial charge in [0.05, 0.1) is 0 Å². The highest BCUT2D eigenvalue weighted by molar-refractivity contribution is 5.91. The Morgan fingerprint density at radius 2 is 2.35 bits per heavy atom. The predicted molar refractivity (Wildman–Crippen MR) is 75.8 cm³/mol. The Morgan fingerprint density at radius 1 is 1.50 bits per heavy atom. The molecule has 2 rings (SSSR count). The number of hydrogen-bond donors (Lipinski definition) is 2. The molecule has 20 heavy (non-hydrogen) atoms. The zero-order valence-electron chi connectivity index (χ0n) is 11.4. The maximum Gasteiger partial charge on any atom is 0.247 e. The summed E-state index contributed by atoms with van der Waals surface area (Å²) < 4.78 is 5.13. The highest BCUT2D eigenvalue weighted by Crippen LogP contribution is 2.20. The van der Waals surface area contributed by atoms with Crippen LogP contribution in [0.5, 0.6) is 0 Å². The minimum atomic E-state index is -0.0371. The zero-order valence-corrected chi connectivity index (χ0v) is 11.4. The molecule has 6 heteroatoms. The molecule has 1 aromatic carbocycles. The first kappa shape index (κ1) is 14.2. The van der Waals surface area contributed by atoms with Crippen molar-refractivity contribution in [3.8, 4) is 11.5 Å². The number of aromatic nitrogens is 2. The molecule has 0 saturated heterocycles. The summed E-state index contributed by atoms with van der Waals surface area (Å²) in [7, 11) is 0. The molecular formula is C14H18N4O2. The Balaban J connectivity index is 2.03. The molecule has 2 aromatic rings. The second-order valence-corrected chi connectivity index (χ2v) is 4.59. The van der Waals surface area contributed by atoms with Crippen LogP contribution in [0.2, 0.25) is 0 Å². The van der Waals surface area contributed by atoms with Crippen molar-refractivity contribution in [3.63, 3.8) is 0 Å². The van der Waals surface area contributed by atoms with E-state index >= 15 is 0 Å². The van der Waals surface area contributed by atoms with Gasteiger partial charge in [-0.15, -0.1) is 10.2 Å². The molecule has 0 fully saturated rings. The van der Waals surface area contributed by atoms with E-state index in [-0.39, 0.29) is 11.8 Å². The van der Waals surface area contributed by atoms with Crippen molar-refractivity contribution >= 4 is 11.6 Å². The number of nitrogens with two attached hydrogens (primary N) is 1. The molecule has 106 valence electrons. The summed E-state index contributed by atoms with van der Waals surface area (Å²) in [4.78, 5) is 11.9. The molecule has 1 atom stereocenters. The van der Waals surface area contributed by atoms with Gasteiger partial charge in [-0.05, 0) is 30.7 Å².